The molecular weight excluding hydrogens is 467 g/mol. The van der Waals surface area contributed by atoms with Crippen LogP contribution in [0.2, 0.25) is 0 Å². The van der Waals surface area contributed by atoms with Crippen LogP contribution in [0.3, 0.4) is 0 Å². The standard InChI is InChI=1S/C29H44F3NO3/c1-18(17-33-14-12-28(36,13-15-33)29(30,31)32)23-9-10-24-21(6-5-11-27(23,24)4)7-8-22-16-25(34)20(3)26(35)19(22)2/h7-8,18,20,23-26,34-36H,2,5-6,9-17H2,1,3-4H3/b21-7+,22-8-/t18-,20-,23+,24-,25+,26+,27+/m0/s1. The minimum absolute atomic E-state index is 0.168. The van der Waals surface area contributed by atoms with Crippen molar-refractivity contribution in [2.24, 2.45) is 29.1 Å². The lowest BCUT2D eigenvalue weighted by atomic mass is 9.61. The fourth-order valence-electron chi connectivity index (χ4n) is 7.78. The van der Waals surface area contributed by atoms with E-state index in [-0.39, 0.29) is 37.3 Å². The van der Waals surface area contributed by atoms with Crippen LogP contribution in [0, 0.1) is 29.1 Å². The molecule has 0 radical (unpaired) electrons. The third-order valence-electron chi connectivity index (χ3n) is 10.3. The maximum absolute atomic E-state index is 13.2. The highest BCUT2D eigenvalue weighted by Crippen LogP contribution is 2.59. The molecule has 3 saturated carbocycles. The van der Waals surface area contributed by atoms with Gasteiger partial charge in [-0.1, -0.05) is 45.1 Å². The number of fused-ring (bicyclic) bond motifs is 1. The molecule has 4 rings (SSSR count). The van der Waals surface area contributed by atoms with E-state index >= 15 is 0 Å². The molecule has 0 unspecified atom stereocenters. The van der Waals surface area contributed by atoms with Gasteiger partial charge in [-0.2, -0.15) is 13.2 Å². The van der Waals surface area contributed by atoms with Crippen LogP contribution in [0.1, 0.15) is 72.1 Å². The van der Waals surface area contributed by atoms with Crippen molar-refractivity contribution in [2.75, 3.05) is 19.6 Å². The Morgan fingerprint density at radius 3 is 2.44 bits per heavy atom. The second-order valence-electron chi connectivity index (χ2n) is 12.4. The molecule has 1 heterocycles. The molecule has 0 aromatic carbocycles. The minimum Gasteiger partial charge on any atom is -0.392 e. The monoisotopic (exact) mass is 511 g/mol. The number of likely N-dealkylation sites (tertiary alicyclic amines) is 1. The van der Waals surface area contributed by atoms with Gasteiger partial charge in [-0.25, -0.2) is 0 Å². The van der Waals surface area contributed by atoms with Gasteiger partial charge in [-0.15, -0.1) is 0 Å². The zero-order valence-corrected chi connectivity index (χ0v) is 22.0. The van der Waals surface area contributed by atoms with E-state index < -0.39 is 24.0 Å². The van der Waals surface area contributed by atoms with Crippen LogP contribution >= 0.6 is 0 Å². The fourth-order valence-corrected chi connectivity index (χ4v) is 7.78. The maximum atomic E-state index is 13.2. The summed E-state index contributed by atoms with van der Waals surface area (Å²) in [4.78, 5) is 2.11. The number of piperidine rings is 1. The largest absolute Gasteiger partial charge is 0.417 e. The molecule has 0 bridgehead atoms. The first-order chi connectivity index (χ1) is 16.8. The van der Waals surface area contributed by atoms with E-state index in [1.165, 1.54) is 5.57 Å². The average molecular weight is 512 g/mol. The van der Waals surface area contributed by atoms with Gasteiger partial charge in [0.15, 0.2) is 5.60 Å². The van der Waals surface area contributed by atoms with Crippen molar-refractivity contribution in [3.8, 4) is 0 Å². The van der Waals surface area contributed by atoms with E-state index in [9.17, 15) is 28.5 Å². The van der Waals surface area contributed by atoms with Gasteiger partial charge in [-0.05, 0) is 85.7 Å². The van der Waals surface area contributed by atoms with Crippen molar-refractivity contribution in [3.63, 3.8) is 0 Å². The molecule has 4 aliphatic rings. The molecule has 0 amide bonds. The molecule has 3 N–H and O–H groups in total. The van der Waals surface area contributed by atoms with Gasteiger partial charge in [-0.3, -0.25) is 0 Å². The number of rotatable bonds is 4. The zero-order valence-electron chi connectivity index (χ0n) is 22.0. The molecule has 3 aliphatic carbocycles. The highest BCUT2D eigenvalue weighted by atomic mass is 19.4. The van der Waals surface area contributed by atoms with Crippen molar-refractivity contribution in [1.29, 1.82) is 0 Å². The van der Waals surface area contributed by atoms with E-state index in [1.807, 2.05) is 6.92 Å². The highest BCUT2D eigenvalue weighted by molar-refractivity contribution is 5.39. The molecule has 0 aromatic heterocycles. The second-order valence-corrected chi connectivity index (χ2v) is 12.4. The lowest BCUT2D eigenvalue weighted by Gasteiger charge is -2.46. The Morgan fingerprint density at radius 1 is 1.14 bits per heavy atom. The summed E-state index contributed by atoms with van der Waals surface area (Å²) in [7, 11) is 0. The van der Waals surface area contributed by atoms with Gasteiger partial charge in [0.1, 0.15) is 0 Å². The molecule has 4 nitrogen and oxygen atoms in total. The molecule has 1 aliphatic heterocycles. The average Bonchev–Trinajstić information content (AvgIpc) is 3.17. The molecular formula is C29H44F3NO3. The Balaban J connectivity index is 1.42. The predicted octanol–water partition coefficient (Wildman–Crippen LogP) is 5.40. The summed E-state index contributed by atoms with van der Waals surface area (Å²) in [6, 6.07) is 0. The lowest BCUT2D eigenvalue weighted by molar-refractivity contribution is -0.272. The van der Waals surface area contributed by atoms with Gasteiger partial charge in [0.2, 0.25) is 0 Å². The number of halogens is 3. The summed E-state index contributed by atoms with van der Waals surface area (Å²) in [6.45, 7) is 11.9. The van der Waals surface area contributed by atoms with Crippen LogP contribution in [0.15, 0.2) is 35.5 Å². The second kappa shape index (κ2) is 10.2. The molecule has 7 atom stereocenters. The third-order valence-corrected chi connectivity index (χ3v) is 10.3. The summed E-state index contributed by atoms with van der Waals surface area (Å²) in [5.74, 6) is 1.16. The molecule has 0 spiro atoms. The number of alkyl halides is 3. The first-order valence-corrected chi connectivity index (χ1v) is 13.7. The summed E-state index contributed by atoms with van der Waals surface area (Å²) >= 11 is 0. The van der Waals surface area contributed by atoms with Crippen LogP contribution < -0.4 is 0 Å². The Hall–Kier alpha value is -1.15. The van der Waals surface area contributed by atoms with Crippen LogP contribution in [0.4, 0.5) is 13.2 Å². The lowest BCUT2D eigenvalue weighted by Crippen LogP contribution is -2.54. The van der Waals surface area contributed by atoms with Crippen LogP contribution in [-0.4, -0.2) is 63.8 Å². The van der Waals surface area contributed by atoms with E-state index in [0.29, 0.717) is 29.7 Å². The Labute approximate surface area is 214 Å². The van der Waals surface area contributed by atoms with Crippen molar-refractivity contribution in [1.82, 2.24) is 4.90 Å². The van der Waals surface area contributed by atoms with Gasteiger partial charge in [0.25, 0.3) is 0 Å². The highest BCUT2D eigenvalue weighted by Gasteiger charge is 2.55. The maximum Gasteiger partial charge on any atom is 0.417 e. The first-order valence-electron chi connectivity index (χ1n) is 13.7. The Kier molecular flexibility index (Phi) is 7.90. The fraction of sp³-hybridized carbons (Fsp3) is 0.793. The summed E-state index contributed by atoms with van der Waals surface area (Å²) in [5, 5.41) is 30.7. The molecule has 204 valence electrons. The summed E-state index contributed by atoms with van der Waals surface area (Å²) < 4.78 is 39.6. The number of aliphatic hydroxyl groups is 3. The van der Waals surface area contributed by atoms with E-state index in [2.05, 4.69) is 37.5 Å². The van der Waals surface area contributed by atoms with Crippen molar-refractivity contribution >= 4 is 0 Å². The molecule has 7 heteroatoms. The Bertz CT molecular complexity index is 889. The van der Waals surface area contributed by atoms with Crippen molar-refractivity contribution in [3.05, 3.63) is 35.5 Å². The van der Waals surface area contributed by atoms with Gasteiger partial charge >= 0.3 is 6.18 Å². The zero-order chi connectivity index (χ0) is 26.5. The van der Waals surface area contributed by atoms with Crippen molar-refractivity contribution < 1.29 is 28.5 Å². The topological polar surface area (TPSA) is 63.9 Å². The molecule has 4 fully saturated rings. The van der Waals surface area contributed by atoms with Gasteiger partial charge in [0, 0.05) is 25.6 Å². The van der Waals surface area contributed by atoms with Crippen molar-refractivity contribution in [2.45, 2.75) is 96.1 Å². The molecule has 36 heavy (non-hydrogen) atoms. The predicted molar refractivity (Wildman–Crippen MR) is 135 cm³/mol. The van der Waals surface area contributed by atoms with Crippen LogP contribution in [0.25, 0.3) is 0 Å². The molecule has 1 saturated heterocycles. The number of hydrogen-bond acceptors (Lipinski definition) is 4. The van der Waals surface area contributed by atoms with E-state index in [1.54, 1.807) is 0 Å². The normalized spacial score (nSPS) is 41.0. The van der Waals surface area contributed by atoms with Crippen LogP contribution in [-0.2, 0) is 0 Å². The number of allylic oxidation sites excluding steroid dienone is 3. The number of nitrogens with zero attached hydrogens (tertiary/aromatic N) is 1. The number of hydrogen-bond donors (Lipinski definition) is 3. The molecule has 0 aromatic rings. The van der Waals surface area contributed by atoms with E-state index in [4.69, 9.17) is 0 Å². The smallest absolute Gasteiger partial charge is 0.392 e. The Morgan fingerprint density at radius 2 is 1.81 bits per heavy atom. The third kappa shape index (κ3) is 5.10. The minimum atomic E-state index is -4.56. The van der Waals surface area contributed by atoms with Crippen LogP contribution in [0.5, 0.6) is 0 Å². The van der Waals surface area contributed by atoms with Gasteiger partial charge in [0.05, 0.1) is 12.2 Å². The quantitative estimate of drug-likeness (QED) is 0.473. The summed E-state index contributed by atoms with van der Waals surface area (Å²) in [6.07, 6.45) is 4.05. The summed E-state index contributed by atoms with van der Waals surface area (Å²) in [5.41, 5.74) is 0.707. The first kappa shape index (κ1) is 27.9. The van der Waals surface area contributed by atoms with Gasteiger partial charge < -0.3 is 20.2 Å². The SMILES string of the molecule is C=C1/C(=C\C=C2/CCC[C@]3(C)[C@@H]([C@@H](C)CN4CCC(O)(C(F)(F)F)CC4)CC[C@@H]23)C[C@@H](O)[C@H](C)[C@@H]1O. The van der Waals surface area contributed by atoms with E-state index in [0.717, 1.165) is 44.2 Å². The number of aliphatic hydroxyl groups excluding tert-OH is 2.